The maximum atomic E-state index is 12.0. The molecular formula is C17H23NO3. The van der Waals surface area contributed by atoms with Crippen molar-refractivity contribution in [2.75, 3.05) is 6.61 Å². The highest BCUT2D eigenvalue weighted by Crippen LogP contribution is 2.06. The van der Waals surface area contributed by atoms with E-state index in [0.29, 0.717) is 12.8 Å². The third kappa shape index (κ3) is 6.75. The lowest BCUT2D eigenvalue weighted by Crippen LogP contribution is -2.43. The molecule has 1 aromatic rings. The molecule has 1 rings (SSSR count). The van der Waals surface area contributed by atoms with E-state index in [-0.39, 0.29) is 12.5 Å². The predicted octanol–water partition coefficient (Wildman–Crippen LogP) is 2.63. The lowest BCUT2D eigenvalue weighted by atomic mass is 10.1. The highest BCUT2D eigenvalue weighted by Gasteiger charge is 2.22. The van der Waals surface area contributed by atoms with Crippen LogP contribution < -0.4 is 5.32 Å². The minimum atomic E-state index is -0.656. The van der Waals surface area contributed by atoms with E-state index in [2.05, 4.69) is 11.9 Å². The number of esters is 1. The van der Waals surface area contributed by atoms with E-state index in [0.717, 1.165) is 18.4 Å². The summed E-state index contributed by atoms with van der Waals surface area (Å²) in [6.07, 6.45) is 4.12. The number of amides is 1. The zero-order valence-electron chi connectivity index (χ0n) is 12.5. The van der Waals surface area contributed by atoms with Crippen molar-refractivity contribution in [2.45, 2.75) is 38.6 Å². The second-order valence-electron chi connectivity index (χ2n) is 4.83. The standard InChI is InChI=1S/C17H23NO3/c1-3-5-11-16(19)18-15(17(20)21-12-4-2)13-14-9-7-6-8-10-14/h4,6-10,15H,2-3,5,11-13H2,1H3,(H,18,19)/t15-/m0/s1. The molecule has 0 saturated heterocycles. The number of carbonyl (C=O) groups excluding carboxylic acids is 2. The quantitative estimate of drug-likeness (QED) is 0.561. The van der Waals surface area contributed by atoms with Crippen molar-refractivity contribution in [1.29, 1.82) is 0 Å². The number of hydrogen-bond donors (Lipinski definition) is 1. The maximum absolute atomic E-state index is 12.0. The Morgan fingerprint density at radius 1 is 1.33 bits per heavy atom. The first-order chi connectivity index (χ1) is 10.2. The normalized spacial score (nSPS) is 11.5. The summed E-state index contributed by atoms with van der Waals surface area (Å²) in [5, 5.41) is 2.76. The molecule has 0 aliphatic rings. The van der Waals surface area contributed by atoms with Gasteiger partial charge in [-0.25, -0.2) is 4.79 Å². The molecule has 21 heavy (non-hydrogen) atoms. The van der Waals surface area contributed by atoms with Gasteiger partial charge in [0, 0.05) is 12.8 Å². The molecule has 0 fully saturated rings. The SMILES string of the molecule is C=CCOC(=O)[C@H](Cc1ccccc1)NC(=O)CCCC. The summed E-state index contributed by atoms with van der Waals surface area (Å²) in [4.78, 5) is 23.9. The van der Waals surface area contributed by atoms with E-state index >= 15 is 0 Å². The number of hydrogen-bond acceptors (Lipinski definition) is 3. The first-order valence-corrected chi connectivity index (χ1v) is 7.28. The van der Waals surface area contributed by atoms with Crippen LogP contribution in [0.1, 0.15) is 31.7 Å². The van der Waals surface area contributed by atoms with Crippen molar-refractivity contribution in [3.63, 3.8) is 0 Å². The average Bonchev–Trinajstić information content (AvgIpc) is 2.51. The summed E-state index contributed by atoms with van der Waals surface area (Å²) in [6.45, 7) is 5.68. The summed E-state index contributed by atoms with van der Waals surface area (Å²) in [7, 11) is 0. The Balaban J connectivity index is 2.67. The van der Waals surface area contributed by atoms with E-state index in [4.69, 9.17) is 4.74 Å². The van der Waals surface area contributed by atoms with E-state index in [1.807, 2.05) is 37.3 Å². The number of ether oxygens (including phenoxy) is 1. The van der Waals surface area contributed by atoms with Gasteiger partial charge in [-0.1, -0.05) is 56.3 Å². The first-order valence-electron chi connectivity index (χ1n) is 7.28. The van der Waals surface area contributed by atoms with Crippen LogP contribution in [0.2, 0.25) is 0 Å². The molecular weight excluding hydrogens is 266 g/mol. The molecule has 1 atom stereocenters. The summed E-state index contributed by atoms with van der Waals surface area (Å²) in [5.41, 5.74) is 0.980. The summed E-state index contributed by atoms with van der Waals surface area (Å²) in [5.74, 6) is -0.545. The van der Waals surface area contributed by atoms with Crippen molar-refractivity contribution in [3.05, 3.63) is 48.6 Å². The molecule has 0 spiro atoms. The Bertz CT molecular complexity index is 456. The molecule has 1 aromatic carbocycles. The van der Waals surface area contributed by atoms with Gasteiger partial charge in [0.25, 0.3) is 0 Å². The molecule has 0 aliphatic carbocycles. The minimum absolute atomic E-state index is 0.117. The van der Waals surface area contributed by atoms with Crippen LogP contribution in [0.25, 0.3) is 0 Å². The van der Waals surface area contributed by atoms with E-state index < -0.39 is 12.0 Å². The molecule has 0 aromatic heterocycles. The fourth-order valence-corrected chi connectivity index (χ4v) is 1.89. The second kappa shape index (κ2) is 9.75. The topological polar surface area (TPSA) is 55.4 Å². The third-order valence-corrected chi connectivity index (χ3v) is 3.00. The molecule has 0 radical (unpaired) electrons. The molecule has 0 unspecified atom stereocenters. The van der Waals surface area contributed by atoms with E-state index in [1.165, 1.54) is 6.08 Å². The van der Waals surface area contributed by atoms with Gasteiger partial charge in [-0.05, 0) is 12.0 Å². The average molecular weight is 289 g/mol. The first kappa shape index (κ1) is 17.0. The minimum Gasteiger partial charge on any atom is -0.460 e. The summed E-state index contributed by atoms with van der Waals surface area (Å²) >= 11 is 0. The molecule has 1 amide bonds. The number of unbranched alkanes of at least 4 members (excludes halogenated alkanes) is 1. The molecule has 1 N–H and O–H groups in total. The lowest BCUT2D eigenvalue weighted by molar-refractivity contribution is -0.146. The zero-order chi connectivity index (χ0) is 15.5. The molecule has 4 nitrogen and oxygen atoms in total. The molecule has 114 valence electrons. The van der Waals surface area contributed by atoms with Crippen LogP contribution in [-0.4, -0.2) is 24.5 Å². The summed E-state index contributed by atoms with van der Waals surface area (Å²) in [6, 6.07) is 8.91. The molecule has 0 heterocycles. The Hall–Kier alpha value is -2.10. The van der Waals surface area contributed by atoms with Crippen LogP contribution in [0.4, 0.5) is 0 Å². The smallest absolute Gasteiger partial charge is 0.329 e. The Kier molecular flexibility index (Phi) is 7.87. The van der Waals surface area contributed by atoms with Gasteiger partial charge < -0.3 is 10.1 Å². The highest BCUT2D eigenvalue weighted by molar-refractivity contribution is 5.84. The fourth-order valence-electron chi connectivity index (χ4n) is 1.89. The highest BCUT2D eigenvalue weighted by atomic mass is 16.5. The molecule has 0 bridgehead atoms. The number of benzene rings is 1. The number of rotatable bonds is 9. The second-order valence-corrected chi connectivity index (χ2v) is 4.83. The summed E-state index contributed by atoms with van der Waals surface area (Å²) < 4.78 is 5.06. The van der Waals surface area contributed by atoms with Gasteiger partial charge in [0.1, 0.15) is 12.6 Å². The van der Waals surface area contributed by atoms with Crippen molar-refractivity contribution in [1.82, 2.24) is 5.32 Å². The van der Waals surface area contributed by atoms with Crippen molar-refractivity contribution in [3.8, 4) is 0 Å². The Morgan fingerprint density at radius 3 is 2.67 bits per heavy atom. The zero-order valence-corrected chi connectivity index (χ0v) is 12.5. The molecule has 4 heteroatoms. The van der Waals surface area contributed by atoms with Crippen molar-refractivity contribution >= 4 is 11.9 Å². The third-order valence-electron chi connectivity index (χ3n) is 3.00. The maximum Gasteiger partial charge on any atom is 0.329 e. The van der Waals surface area contributed by atoms with Gasteiger partial charge in [0.05, 0.1) is 0 Å². The van der Waals surface area contributed by atoms with Gasteiger partial charge in [-0.15, -0.1) is 0 Å². The van der Waals surface area contributed by atoms with Crippen LogP contribution >= 0.6 is 0 Å². The van der Waals surface area contributed by atoms with E-state index in [1.54, 1.807) is 0 Å². The van der Waals surface area contributed by atoms with E-state index in [9.17, 15) is 9.59 Å². The van der Waals surface area contributed by atoms with Crippen LogP contribution in [-0.2, 0) is 20.7 Å². The molecule has 0 aliphatic heterocycles. The van der Waals surface area contributed by atoms with Crippen molar-refractivity contribution < 1.29 is 14.3 Å². The fraction of sp³-hybridized carbons (Fsp3) is 0.412. The van der Waals surface area contributed by atoms with Gasteiger partial charge in [-0.2, -0.15) is 0 Å². The Labute approximate surface area is 126 Å². The lowest BCUT2D eigenvalue weighted by Gasteiger charge is -2.17. The van der Waals surface area contributed by atoms with Crippen LogP contribution in [0, 0.1) is 0 Å². The number of carbonyl (C=O) groups is 2. The van der Waals surface area contributed by atoms with Crippen LogP contribution in [0.3, 0.4) is 0 Å². The van der Waals surface area contributed by atoms with Gasteiger partial charge in [0.15, 0.2) is 0 Å². The van der Waals surface area contributed by atoms with Crippen LogP contribution in [0.5, 0.6) is 0 Å². The Morgan fingerprint density at radius 2 is 2.05 bits per heavy atom. The number of nitrogens with one attached hydrogen (secondary N) is 1. The van der Waals surface area contributed by atoms with Crippen molar-refractivity contribution in [2.24, 2.45) is 0 Å². The largest absolute Gasteiger partial charge is 0.460 e. The van der Waals surface area contributed by atoms with Gasteiger partial charge in [-0.3, -0.25) is 4.79 Å². The predicted molar refractivity (Wildman–Crippen MR) is 82.8 cm³/mol. The van der Waals surface area contributed by atoms with Crippen LogP contribution in [0.15, 0.2) is 43.0 Å². The van der Waals surface area contributed by atoms with Gasteiger partial charge >= 0.3 is 5.97 Å². The molecule has 0 saturated carbocycles. The monoisotopic (exact) mass is 289 g/mol. The van der Waals surface area contributed by atoms with Gasteiger partial charge in [0.2, 0.25) is 5.91 Å².